The van der Waals surface area contributed by atoms with E-state index < -0.39 is 12.5 Å². The van der Waals surface area contributed by atoms with Crippen LogP contribution in [0.1, 0.15) is 44.6 Å². The van der Waals surface area contributed by atoms with Gasteiger partial charge >= 0.3 is 0 Å². The molecule has 4 heteroatoms. The van der Waals surface area contributed by atoms with Crippen molar-refractivity contribution in [3.05, 3.63) is 35.9 Å². The van der Waals surface area contributed by atoms with Gasteiger partial charge in [0, 0.05) is 12.2 Å². The third-order valence-corrected chi connectivity index (χ3v) is 3.30. The van der Waals surface area contributed by atoms with Gasteiger partial charge < -0.3 is 10.1 Å². The van der Waals surface area contributed by atoms with Crippen molar-refractivity contribution in [2.45, 2.75) is 45.0 Å². The Balaban J connectivity index is 2.01. The zero-order valence-electron chi connectivity index (χ0n) is 12.9. The third-order valence-electron chi connectivity index (χ3n) is 3.30. The van der Waals surface area contributed by atoms with Crippen LogP contribution in [0.15, 0.2) is 30.3 Å². The molecule has 120 valence electrons. The van der Waals surface area contributed by atoms with Gasteiger partial charge in [-0.1, -0.05) is 50.1 Å². The number of alkyl halides is 2. The van der Waals surface area contributed by atoms with E-state index in [1.54, 1.807) is 18.2 Å². The molecule has 1 N–H and O–H groups in total. The summed E-state index contributed by atoms with van der Waals surface area (Å²) in [7, 11) is 0. The predicted molar refractivity (Wildman–Crippen MR) is 82.8 cm³/mol. The van der Waals surface area contributed by atoms with E-state index in [-0.39, 0.29) is 5.56 Å². The summed E-state index contributed by atoms with van der Waals surface area (Å²) in [4.78, 5) is 0. The number of halogens is 2. The van der Waals surface area contributed by atoms with Crippen LogP contribution in [0.4, 0.5) is 8.78 Å². The minimum atomic E-state index is -2.90. The molecule has 0 fully saturated rings. The van der Waals surface area contributed by atoms with Crippen LogP contribution in [-0.4, -0.2) is 26.3 Å². The standard InChI is InChI=1S/C17H27F2NO/c1-2-12-20-13-8-3-4-9-14-21-15-17(18,19)16-10-6-5-7-11-16/h5-7,10-11,20H,2-4,8-9,12-15H2,1H3. The Hall–Kier alpha value is -1.00. The van der Waals surface area contributed by atoms with E-state index in [4.69, 9.17) is 4.74 Å². The molecule has 0 saturated carbocycles. The SMILES string of the molecule is CCCNCCCCCCOCC(F)(F)c1ccccc1. The summed E-state index contributed by atoms with van der Waals surface area (Å²) >= 11 is 0. The normalized spacial score (nSPS) is 11.8. The molecule has 0 heterocycles. The zero-order chi connectivity index (χ0) is 15.4. The van der Waals surface area contributed by atoms with Crippen LogP contribution < -0.4 is 5.32 Å². The summed E-state index contributed by atoms with van der Waals surface area (Å²) in [5, 5.41) is 3.34. The lowest BCUT2D eigenvalue weighted by Crippen LogP contribution is -2.21. The van der Waals surface area contributed by atoms with E-state index in [1.807, 2.05) is 0 Å². The number of benzene rings is 1. The molecule has 1 aromatic carbocycles. The Morgan fingerprint density at radius 2 is 1.71 bits per heavy atom. The molecule has 0 unspecified atom stereocenters. The molecule has 2 nitrogen and oxygen atoms in total. The van der Waals surface area contributed by atoms with Crippen LogP contribution in [0.25, 0.3) is 0 Å². The second kappa shape index (κ2) is 10.7. The van der Waals surface area contributed by atoms with Crippen LogP contribution in [0.2, 0.25) is 0 Å². The van der Waals surface area contributed by atoms with E-state index in [2.05, 4.69) is 12.2 Å². The van der Waals surface area contributed by atoms with Gasteiger partial charge in [0.15, 0.2) is 0 Å². The lowest BCUT2D eigenvalue weighted by atomic mass is 10.1. The number of hydrogen-bond donors (Lipinski definition) is 1. The van der Waals surface area contributed by atoms with Crippen molar-refractivity contribution in [2.75, 3.05) is 26.3 Å². The molecular formula is C17H27F2NO. The predicted octanol–water partition coefficient (Wildman–Crippen LogP) is 4.36. The molecule has 0 radical (unpaired) electrons. The largest absolute Gasteiger partial charge is 0.375 e. The second-order valence-electron chi connectivity index (χ2n) is 5.29. The minimum absolute atomic E-state index is 0.0204. The van der Waals surface area contributed by atoms with Crippen LogP contribution >= 0.6 is 0 Å². The Kier molecular flexibility index (Phi) is 9.19. The van der Waals surface area contributed by atoms with Gasteiger partial charge in [-0.15, -0.1) is 0 Å². The second-order valence-corrected chi connectivity index (χ2v) is 5.29. The quantitative estimate of drug-likeness (QED) is 0.579. The Morgan fingerprint density at radius 3 is 2.43 bits per heavy atom. The first kappa shape index (κ1) is 18.1. The molecular weight excluding hydrogens is 272 g/mol. The molecule has 0 aliphatic rings. The fraction of sp³-hybridized carbons (Fsp3) is 0.647. The topological polar surface area (TPSA) is 21.3 Å². The van der Waals surface area contributed by atoms with Crippen molar-refractivity contribution in [1.29, 1.82) is 0 Å². The molecule has 0 bridgehead atoms. The molecule has 1 aromatic rings. The molecule has 0 aliphatic heterocycles. The molecule has 1 rings (SSSR count). The van der Waals surface area contributed by atoms with Gasteiger partial charge in [0.25, 0.3) is 5.92 Å². The number of ether oxygens (including phenoxy) is 1. The van der Waals surface area contributed by atoms with Gasteiger partial charge in [0.05, 0.1) is 0 Å². The Labute approximate surface area is 126 Å². The molecule has 0 spiro atoms. The zero-order valence-corrected chi connectivity index (χ0v) is 12.9. The summed E-state index contributed by atoms with van der Waals surface area (Å²) in [5.74, 6) is -2.90. The third kappa shape index (κ3) is 8.12. The maximum Gasteiger partial charge on any atom is 0.296 e. The molecule has 0 aromatic heterocycles. The van der Waals surface area contributed by atoms with Gasteiger partial charge in [-0.05, 0) is 32.4 Å². The lowest BCUT2D eigenvalue weighted by molar-refractivity contribution is -0.0831. The summed E-state index contributed by atoms with van der Waals surface area (Å²) in [5.41, 5.74) is 0.0204. The monoisotopic (exact) mass is 299 g/mol. The van der Waals surface area contributed by atoms with E-state index in [1.165, 1.54) is 12.1 Å². The number of hydrogen-bond acceptors (Lipinski definition) is 2. The average molecular weight is 299 g/mol. The van der Waals surface area contributed by atoms with Crippen LogP contribution in [0.3, 0.4) is 0 Å². The van der Waals surface area contributed by atoms with Crippen molar-refractivity contribution in [2.24, 2.45) is 0 Å². The van der Waals surface area contributed by atoms with E-state index in [0.29, 0.717) is 6.61 Å². The van der Waals surface area contributed by atoms with E-state index in [0.717, 1.165) is 45.2 Å². The van der Waals surface area contributed by atoms with Crippen molar-refractivity contribution in [3.63, 3.8) is 0 Å². The molecule has 0 amide bonds. The average Bonchev–Trinajstić information content (AvgIpc) is 2.50. The fourth-order valence-electron chi connectivity index (χ4n) is 2.08. The van der Waals surface area contributed by atoms with Gasteiger partial charge in [0.1, 0.15) is 6.61 Å². The van der Waals surface area contributed by atoms with Crippen LogP contribution in [0.5, 0.6) is 0 Å². The highest BCUT2D eigenvalue weighted by Gasteiger charge is 2.31. The van der Waals surface area contributed by atoms with Gasteiger partial charge in [0.2, 0.25) is 0 Å². The van der Waals surface area contributed by atoms with Crippen molar-refractivity contribution in [3.8, 4) is 0 Å². The highest BCUT2D eigenvalue weighted by molar-refractivity contribution is 5.19. The fourth-order valence-corrected chi connectivity index (χ4v) is 2.08. The highest BCUT2D eigenvalue weighted by Crippen LogP contribution is 2.27. The number of unbranched alkanes of at least 4 members (excludes halogenated alkanes) is 3. The van der Waals surface area contributed by atoms with Gasteiger partial charge in [-0.2, -0.15) is 8.78 Å². The summed E-state index contributed by atoms with van der Waals surface area (Å²) in [6.45, 7) is 4.13. The lowest BCUT2D eigenvalue weighted by Gasteiger charge is -2.16. The van der Waals surface area contributed by atoms with Crippen LogP contribution in [0, 0.1) is 0 Å². The maximum absolute atomic E-state index is 13.8. The smallest absolute Gasteiger partial charge is 0.296 e. The Morgan fingerprint density at radius 1 is 1.00 bits per heavy atom. The van der Waals surface area contributed by atoms with Gasteiger partial charge in [-0.3, -0.25) is 0 Å². The first-order valence-corrected chi connectivity index (χ1v) is 7.88. The minimum Gasteiger partial charge on any atom is -0.375 e. The summed E-state index contributed by atoms with van der Waals surface area (Å²) < 4.78 is 32.7. The first-order chi connectivity index (χ1) is 10.2. The molecule has 0 atom stereocenters. The van der Waals surface area contributed by atoms with E-state index in [9.17, 15) is 8.78 Å². The molecule has 21 heavy (non-hydrogen) atoms. The van der Waals surface area contributed by atoms with E-state index >= 15 is 0 Å². The Bertz CT molecular complexity index is 357. The molecule has 0 saturated heterocycles. The van der Waals surface area contributed by atoms with Crippen molar-refractivity contribution >= 4 is 0 Å². The van der Waals surface area contributed by atoms with Crippen LogP contribution in [-0.2, 0) is 10.7 Å². The highest BCUT2D eigenvalue weighted by atomic mass is 19.3. The van der Waals surface area contributed by atoms with Gasteiger partial charge in [-0.25, -0.2) is 0 Å². The molecule has 0 aliphatic carbocycles. The number of rotatable bonds is 12. The maximum atomic E-state index is 13.8. The summed E-state index contributed by atoms with van der Waals surface area (Å²) in [6.07, 6.45) is 5.29. The first-order valence-electron chi connectivity index (χ1n) is 7.88. The van der Waals surface area contributed by atoms with Crippen molar-refractivity contribution < 1.29 is 13.5 Å². The van der Waals surface area contributed by atoms with Crippen molar-refractivity contribution in [1.82, 2.24) is 5.32 Å². The summed E-state index contributed by atoms with van der Waals surface area (Å²) in [6, 6.07) is 7.85. The number of nitrogens with one attached hydrogen (secondary N) is 1.